The molecule has 27 heavy (non-hydrogen) atoms. The van der Waals surface area contributed by atoms with Crippen LogP contribution in [0.5, 0.6) is 5.75 Å². The fourth-order valence-corrected chi connectivity index (χ4v) is 3.12. The van der Waals surface area contributed by atoms with E-state index in [0.717, 1.165) is 27.9 Å². The number of amides is 2. The number of anilines is 1. The van der Waals surface area contributed by atoms with Gasteiger partial charge in [0, 0.05) is 25.1 Å². The van der Waals surface area contributed by atoms with E-state index in [1.54, 1.807) is 7.11 Å². The molecule has 140 valence electrons. The summed E-state index contributed by atoms with van der Waals surface area (Å²) in [7, 11) is 1.64. The highest BCUT2D eigenvalue weighted by Gasteiger charge is 2.10. The number of hydrogen-bond donors (Lipinski definition) is 2. The van der Waals surface area contributed by atoms with E-state index < -0.39 is 0 Å². The Morgan fingerprint density at radius 3 is 2.67 bits per heavy atom. The van der Waals surface area contributed by atoms with E-state index in [1.165, 1.54) is 6.92 Å². The first-order chi connectivity index (χ1) is 13.1. The van der Waals surface area contributed by atoms with Gasteiger partial charge in [0.25, 0.3) is 0 Å². The van der Waals surface area contributed by atoms with Crippen molar-refractivity contribution in [1.29, 1.82) is 0 Å². The molecule has 2 amide bonds. The topological polar surface area (TPSA) is 72.4 Å². The number of carbonyl (C=O) groups excluding carboxylic acids is 2. The Balaban J connectivity index is 1.62. The number of nitrogens with one attached hydrogen (secondary N) is 2. The number of fused-ring (bicyclic) bond motifs is 1. The maximum Gasteiger partial charge on any atom is 0.239 e. The van der Waals surface area contributed by atoms with Gasteiger partial charge < -0.3 is 19.9 Å². The second-order valence-electron chi connectivity index (χ2n) is 6.27. The summed E-state index contributed by atoms with van der Waals surface area (Å²) < 4.78 is 7.20. The van der Waals surface area contributed by atoms with Gasteiger partial charge in [-0.2, -0.15) is 0 Å². The van der Waals surface area contributed by atoms with Crippen molar-refractivity contribution < 1.29 is 14.3 Å². The van der Waals surface area contributed by atoms with Crippen molar-refractivity contribution >= 4 is 28.4 Å². The normalized spacial score (nSPS) is 10.6. The average molecular weight is 365 g/mol. The van der Waals surface area contributed by atoms with E-state index in [4.69, 9.17) is 4.74 Å². The Morgan fingerprint density at radius 1 is 1.07 bits per heavy atom. The van der Waals surface area contributed by atoms with Crippen molar-refractivity contribution in [2.24, 2.45) is 0 Å². The molecule has 0 aliphatic carbocycles. The van der Waals surface area contributed by atoms with Crippen LogP contribution < -0.4 is 15.4 Å². The minimum absolute atomic E-state index is 0.0627. The monoisotopic (exact) mass is 365 g/mol. The van der Waals surface area contributed by atoms with Crippen molar-refractivity contribution in [2.75, 3.05) is 19.0 Å². The summed E-state index contributed by atoms with van der Waals surface area (Å²) in [6.45, 7) is 2.24. The number of hydrogen-bond acceptors (Lipinski definition) is 3. The molecule has 1 heterocycles. The van der Waals surface area contributed by atoms with Crippen molar-refractivity contribution in [3.8, 4) is 5.75 Å². The van der Waals surface area contributed by atoms with E-state index in [9.17, 15) is 9.59 Å². The molecule has 0 atom stereocenters. The second-order valence-corrected chi connectivity index (χ2v) is 6.27. The molecule has 0 unspecified atom stereocenters. The molecule has 0 saturated carbocycles. The van der Waals surface area contributed by atoms with Gasteiger partial charge in [-0.15, -0.1) is 0 Å². The molecular formula is C21H23N3O3. The average Bonchev–Trinajstić information content (AvgIpc) is 3.05. The van der Waals surface area contributed by atoms with Gasteiger partial charge in [-0.25, -0.2) is 0 Å². The fourth-order valence-electron chi connectivity index (χ4n) is 3.12. The Labute approximate surface area is 158 Å². The first-order valence-corrected chi connectivity index (χ1v) is 8.82. The van der Waals surface area contributed by atoms with Crippen LogP contribution in [0, 0.1) is 0 Å². The summed E-state index contributed by atoms with van der Waals surface area (Å²) >= 11 is 0. The molecule has 0 fully saturated rings. The fraction of sp³-hybridized carbons (Fsp3) is 0.238. The molecule has 3 rings (SSSR count). The Hall–Kier alpha value is -3.28. The standard InChI is InChI=1S/C21H23N3O3/c1-15(25)23-18-7-5-8-19-17(18)11-13-24(19)14-21(26)22-12-10-16-6-3-4-9-20(16)27-2/h3-9,11,13H,10,12,14H2,1-2H3,(H,22,26)(H,23,25). The summed E-state index contributed by atoms with van der Waals surface area (Å²) in [5.41, 5.74) is 2.71. The lowest BCUT2D eigenvalue weighted by Crippen LogP contribution is -2.29. The maximum atomic E-state index is 12.3. The summed E-state index contributed by atoms with van der Waals surface area (Å²) in [5.74, 6) is 0.644. The van der Waals surface area contributed by atoms with Crippen molar-refractivity contribution in [1.82, 2.24) is 9.88 Å². The number of para-hydroxylation sites is 1. The van der Waals surface area contributed by atoms with Crippen LogP contribution in [0.3, 0.4) is 0 Å². The second kappa shape index (κ2) is 8.40. The Morgan fingerprint density at radius 2 is 1.89 bits per heavy atom. The van der Waals surface area contributed by atoms with Gasteiger partial charge in [0.2, 0.25) is 11.8 Å². The van der Waals surface area contributed by atoms with Gasteiger partial charge in [-0.3, -0.25) is 9.59 Å². The van der Waals surface area contributed by atoms with Crippen molar-refractivity contribution in [3.63, 3.8) is 0 Å². The maximum absolute atomic E-state index is 12.3. The van der Waals surface area contributed by atoms with Gasteiger partial charge in [-0.05, 0) is 36.2 Å². The number of aromatic nitrogens is 1. The predicted molar refractivity (Wildman–Crippen MR) is 106 cm³/mol. The largest absolute Gasteiger partial charge is 0.496 e. The molecule has 0 aliphatic rings. The van der Waals surface area contributed by atoms with Crippen LogP contribution in [0.4, 0.5) is 5.69 Å². The number of methoxy groups -OCH3 is 1. The minimum atomic E-state index is -0.121. The molecule has 0 aliphatic heterocycles. The quantitative estimate of drug-likeness (QED) is 0.676. The number of benzene rings is 2. The van der Waals surface area contributed by atoms with Crippen LogP contribution in [0.2, 0.25) is 0 Å². The zero-order valence-electron chi connectivity index (χ0n) is 15.5. The third kappa shape index (κ3) is 4.47. The Kier molecular flexibility index (Phi) is 5.76. The molecule has 6 heteroatoms. The summed E-state index contributed by atoms with van der Waals surface area (Å²) in [5, 5.41) is 6.67. The molecule has 0 saturated heterocycles. The molecule has 3 aromatic rings. The minimum Gasteiger partial charge on any atom is -0.496 e. The molecule has 1 aromatic heterocycles. The zero-order chi connectivity index (χ0) is 19.2. The number of rotatable bonds is 7. The molecule has 6 nitrogen and oxygen atoms in total. The van der Waals surface area contributed by atoms with Gasteiger partial charge >= 0.3 is 0 Å². The lowest BCUT2D eigenvalue weighted by Gasteiger charge is -2.10. The third-order valence-corrected chi connectivity index (χ3v) is 4.35. The predicted octanol–water partition coefficient (Wildman–Crippen LogP) is 2.97. The number of carbonyl (C=O) groups is 2. The summed E-state index contributed by atoms with van der Waals surface area (Å²) in [4.78, 5) is 23.7. The first kappa shape index (κ1) is 18.5. The van der Waals surface area contributed by atoms with E-state index in [2.05, 4.69) is 10.6 Å². The van der Waals surface area contributed by atoms with Crippen LogP contribution >= 0.6 is 0 Å². The molecule has 0 radical (unpaired) electrons. The van der Waals surface area contributed by atoms with Crippen LogP contribution in [-0.4, -0.2) is 30.0 Å². The lowest BCUT2D eigenvalue weighted by atomic mass is 10.1. The lowest BCUT2D eigenvalue weighted by molar-refractivity contribution is -0.121. The summed E-state index contributed by atoms with van der Waals surface area (Å²) in [6, 6.07) is 15.3. The van der Waals surface area contributed by atoms with Gasteiger partial charge in [0.1, 0.15) is 12.3 Å². The number of nitrogens with zero attached hydrogens (tertiary/aromatic N) is 1. The van der Waals surface area contributed by atoms with Crippen LogP contribution in [-0.2, 0) is 22.6 Å². The molecule has 0 spiro atoms. The molecule has 2 aromatic carbocycles. The van der Waals surface area contributed by atoms with E-state index in [1.807, 2.05) is 59.3 Å². The smallest absolute Gasteiger partial charge is 0.239 e. The molecule has 0 bridgehead atoms. The highest BCUT2D eigenvalue weighted by molar-refractivity contribution is 6.01. The van der Waals surface area contributed by atoms with Crippen LogP contribution in [0.15, 0.2) is 54.7 Å². The summed E-state index contributed by atoms with van der Waals surface area (Å²) in [6.07, 6.45) is 2.56. The van der Waals surface area contributed by atoms with E-state index in [-0.39, 0.29) is 18.4 Å². The first-order valence-electron chi connectivity index (χ1n) is 8.82. The van der Waals surface area contributed by atoms with Gasteiger partial charge in [0.15, 0.2) is 0 Å². The third-order valence-electron chi connectivity index (χ3n) is 4.35. The SMILES string of the molecule is COc1ccccc1CCNC(=O)Cn1ccc2c(NC(C)=O)cccc21. The van der Waals surface area contributed by atoms with E-state index >= 15 is 0 Å². The Bertz CT molecular complexity index is 962. The van der Waals surface area contributed by atoms with Gasteiger partial charge in [0.05, 0.1) is 18.3 Å². The van der Waals surface area contributed by atoms with Crippen LogP contribution in [0.25, 0.3) is 10.9 Å². The highest BCUT2D eigenvalue weighted by atomic mass is 16.5. The van der Waals surface area contributed by atoms with Crippen molar-refractivity contribution in [2.45, 2.75) is 19.9 Å². The van der Waals surface area contributed by atoms with E-state index in [0.29, 0.717) is 13.0 Å². The van der Waals surface area contributed by atoms with Crippen LogP contribution in [0.1, 0.15) is 12.5 Å². The number of ether oxygens (including phenoxy) is 1. The van der Waals surface area contributed by atoms with Gasteiger partial charge in [-0.1, -0.05) is 24.3 Å². The molecular weight excluding hydrogens is 342 g/mol. The zero-order valence-corrected chi connectivity index (χ0v) is 15.5. The van der Waals surface area contributed by atoms with Crippen molar-refractivity contribution in [3.05, 3.63) is 60.3 Å². The molecule has 2 N–H and O–H groups in total. The highest BCUT2D eigenvalue weighted by Crippen LogP contribution is 2.24.